The van der Waals surface area contributed by atoms with Crippen LogP contribution in [0.5, 0.6) is 0 Å². The molecule has 0 radical (unpaired) electrons. The lowest BCUT2D eigenvalue weighted by atomic mass is 9.94. The van der Waals surface area contributed by atoms with Crippen LogP contribution in [0.1, 0.15) is 96.9 Å². The zero-order valence-corrected chi connectivity index (χ0v) is 23.1. The fraction of sp³-hybridized carbons (Fsp3) is 0.920. The van der Waals surface area contributed by atoms with E-state index in [2.05, 4.69) is 60.4 Å². The molecule has 0 aliphatic carbocycles. The summed E-state index contributed by atoms with van der Waals surface area (Å²) in [6, 6.07) is 0.646. The van der Waals surface area contributed by atoms with Crippen molar-refractivity contribution in [2.45, 2.75) is 121 Å². The maximum absolute atomic E-state index is 11.2. The molecule has 0 aromatic heterocycles. The van der Waals surface area contributed by atoms with Crippen LogP contribution in [0.4, 0.5) is 0 Å². The van der Waals surface area contributed by atoms with Crippen molar-refractivity contribution in [2.75, 3.05) is 14.2 Å². The summed E-state index contributed by atoms with van der Waals surface area (Å²) in [4.78, 5) is 17.3. The van der Waals surface area contributed by atoms with Crippen LogP contribution >= 0.6 is 0 Å². The molecule has 0 rings (SSSR count). The van der Waals surface area contributed by atoms with E-state index in [-0.39, 0.29) is 17.4 Å². The van der Waals surface area contributed by atoms with Gasteiger partial charge in [-0.15, -0.1) is 0 Å². The van der Waals surface area contributed by atoms with Crippen molar-refractivity contribution >= 4 is 11.8 Å². The van der Waals surface area contributed by atoms with Crippen molar-refractivity contribution in [1.29, 1.82) is 0 Å². The van der Waals surface area contributed by atoms with E-state index in [1.54, 1.807) is 12.0 Å². The summed E-state index contributed by atoms with van der Waals surface area (Å²) in [5.41, 5.74) is 0.0220. The van der Waals surface area contributed by atoms with Crippen molar-refractivity contribution in [3.63, 3.8) is 0 Å². The minimum atomic E-state index is 0.0220. The zero-order valence-electron chi connectivity index (χ0n) is 23.1. The van der Waals surface area contributed by atoms with Gasteiger partial charge in [-0.1, -0.05) is 41.5 Å². The predicted octanol–water partition coefficient (Wildman–Crippen LogP) is 6.45. The second-order valence-electron chi connectivity index (χ2n) is 10.0. The summed E-state index contributed by atoms with van der Waals surface area (Å²) in [5.74, 6) is 2.15. The summed E-state index contributed by atoms with van der Waals surface area (Å²) >= 11 is 0. The highest BCUT2D eigenvalue weighted by Crippen LogP contribution is 2.21. The molecule has 0 atom stereocenters. The topological polar surface area (TPSA) is 51.1 Å². The Morgan fingerprint density at radius 2 is 1.27 bits per heavy atom. The zero-order chi connectivity index (χ0) is 24.8. The highest BCUT2D eigenvalue weighted by atomic mass is 16.5. The molecule has 5 nitrogen and oxygen atoms in total. The molecular weight excluding hydrogens is 376 g/mol. The fourth-order valence-corrected chi connectivity index (χ4v) is 2.10. The normalized spacial score (nSPS) is 12.3. The second kappa shape index (κ2) is 16.6. The van der Waals surface area contributed by atoms with E-state index in [0.29, 0.717) is 30.0 Å². The molecule has 0 N–H and O–H groups in total. The van der Waals surface area contributed by atoms with Gasteiger partial charge in [0.2, 0.25) is 5.91 Å². The number of amides is 1. The number of ether oxygens (including phenoxy) is 2. The highest BCUT2D eigenvalue weighted by Gasteiger charge is 2.23. The number of rotatable bonds is 7. The average molecular weight is 431 g/mol. The quantitative estimate of drug-likeness (QED) is 0.344. The first kappa shape index (κ1) is 33.5. The van der Waals surface area contributed by atoms with Crippen LogP contribution in [-0.2, 0) is 14.3 Å². The van der Waals surface area contributed by atoms with Gasteiger partial charge in [0.1, 0.15) is 0 Å². The molecule has 0 aliphatic rings. The van der Waals surface area contributed by atoms with Gasteiger partial charge in [0.05, 0.1) is 18.8 Å². The molecule has 30 heavy (non-hydrogen) atoms. The lowest BCUT2D eigenvalue weighted by molar-refractivity contribution is -0.134. The van der Waals surface area contributed by atoms with Crippen molar-refractivity contribution in [1.82, 2.24) is 4.90 Å². The Hall–Kier alpha value is -1.10. The maximum atomic E-state index is 11.2. The molecule has 0 unspecified atom stereocenters. The van der Waals surface area contributed by atoms with E-state index in [9.17, 15) is 4.79 Å². The van der Waals surface area contributed by atoms with Crippen LogP contribution in [0, 0.1) is 17.8 Å². The van der Waals surface area contributed by atoms with E-state index in [4.69, 9.17) is 9.47 Å². The fourth-order valence-electron chi connectivity index (χ4n) is 2.10. The van der Waals surface area contributed by atoms with Gasteiger partial charge in [0.15, 0.2) is 5.90 Å². The Morgan fingerprint density at radius 3 is 1.37 bits per heavy atom. The number of methoxy groups -OCH3 is 1. The third-order valence-corrected chi connectivity index (χ3v) is 4.63. The maximum Gasteiger partial charge on any atom is 0.225 e. The van der Waals surface area contributed by atoms with Crippen molar-refractivity contribution < 1.29 is 14.3 Å². The molecule has 0 aliphatic heterocycles. The summed E-state index contributed by atoms with van der Waals surface area (Å²) < 4.78 is 10.8. The van der Waals surface area contributed by atoms with Crippen LogP contribution in [0.15, 0.2) is 4.99 Å². The summed E-state index contributed by atoms with van der Waals surface area (Å²) in [6.07, 6.45) is 0.331. The Bertz CT molecular complexity index is 465. The number of hydrogen-bond acceptors (Lipinski definition) is 4. The van der Waals surface area contributed by atoms with Gasteiger partial charge in [-0.25, -0.2) is 0 Å². The van der Waals surface area contributed by atoms with Crippen LogP contribution < -0.4 is 0 Å². The van der Waals surface area contributed by atoms with Crippen molar-refractivity contribution in [3.05, 3.63) is 0 Å². The van der Waals surface area contributed by atoms with Crippen LogP contribution in [0.3, 0.4) is 0 Å². The molecule has 5 heteroatoms. The molecule has 0 heterocycles. The number of nitrogens with zero attached hydrogens (tertiary/aromatic N) is 2. The molecular formula is C25H54N2O3. The predicted molar refractivity (Wildman–Crippen MR) is 132 cm³/mol. The van der Waals surface area contributed by atoms with Gasteiger partial charge in [0.25, 0.3) is 0 Å². The number of carbonyl (C=O) groups excluding carboxylic acids is 1. The molecule has 0 fully saturated rings. The van der Waals surface area contributed by atoms with E-state index in [1.807, 2.05) is 48.6 Å². The molecule has 0 aromatic rings. The summed E-state index contributed by atoms with van der Waals surface area (Å²) in [5, 5.41) is 0. The smallest absolute Gasteiger partial charge is 0.225 e. The Labute approximate surface area is 189 Å². The van der Waals surface area contributed by atoms with Gasteiger partial charge >= 0.3 is 0 Å². The van der Waals surface area contributed by atoms with Crippen LogP contribution in [0.25, 0.3) is 0 Å². The van der Waals surface area contributed by atoms with Gasteiger partial charge in [-0.05, 0) is 61.3 Å². The molecule has 0 saturated heterocycles. The number of hydrogen-bond donors (Lipinski definition) is 0. The SMILES string of the molecule is CC(C)C(=O)N(C)C(C)C.CC(C)OC(C)(C)C(C)C.COC(=NC(C)C)C(C)C. The van der Waals surface area contributed by atoms with Crippen molar-refractivity contribution in [2.24, 2.45) is 22.7 Å². The molecule has 0 bridgehead atoms. The standard InChI is InChI=1S/C9H20O.2C8H17NO/c1-7(2)9(5,6)10-8(3)4;1-6(2)8(10-5)9-7(3)4;1-6(2)8(10)9(5)7(3)4/h7-8H,1-6H3;2*6-7H,1-5H3. The summed E-state index contributed by atoms with van der Waals surface area (Å²) in [6.45, 7) is 28.9. The lowest BCUT2D eigenvalue weighted by Crippen LogP contribution is -2.35. The molecule has 182 valence electrons. The van der Waals surface area contributed by atoms with Crippen LogP contribution in [-0.4, -0.2) is 54.7 Å². The average Bonchev–Trinajstić information content (AvgIpc) is 2.57. The molecule has 0 saturated carbocycles. The molecule has 0 spiro atoms. The van der Waals surface area contributed by atoms with Gasteiger partial charge in [-0.2, -0.15) is 0 Å². The van der Waals surface area contributed by atoms with Crippen molar-refractivity contribution in [3.8, 4) is 0 Å². The Kier molecular flexibility index (Phi) is 18.5. The van der Waals surface area contributed by atoms with Gasteiger partial charge in [-0.3, -0.25) is 9.79 Å². The van der Waals surface area contributed by atoms with Gasteiger partial charge < -0.3 is 14.4 Å². The highest BCUT2D eigenvalue weighted by molar-refractivity contribution is 5.78. The van der Waals surface area contributed by atoms with Crippen LogP contribution in [0.2, 0.25) is 0 Å². The third kappa shape index (κ3) is 17.7. The first-order chi connectivity index (χ1) is 13.4. The summed E-state index contributed by atoms with van der Waals surface area (Å²) in [7, 11) is 3.51. The van der Waals surface area contributed by atoms with E-state index in [0.717, 1.165) is 5.90 Å². The monoisotopic (exact) mass is 430 g/mol. The number of carbonyl (C=O) groups is 1. The lowest BCUT2D eigenvalue weighted by Gasteiger charge is -2.31. The first-order valence-corrected chi connectivity index (χ1v) is 11.5. The number of aliphatic imine (C=N–C) groups is 1. The largest absolute Gasteiger partial charge is 0.484 e. The van der Waals surface area contributed by atoms with Gasteiger partial charge in [0, 0.05) is 31.0 Å². The molecule has 1 amide bonds. The minimum absolute atomic E-state index is 0.0220. The third-order valence-electron chi connectivity index (χ3n) is 4.63. The minimum Gasteiger partial charge on any atom is -0.484 e. The Morgan fingerprint density at radius 1 is 0.833 bits per heavy atom. The van der Waals surface area contributed by atoms with E-state index >= 15 is 0 Å². The van der Waals surface area contributed by atoms with E-state index in [1.165, 1.54) is 0 Å². The van der Waals surface area contributed by atoms with E-state index < -0.39 is 0 Å². The second-order valence-corrected chi connectivity index (χ2v) is 10.0. The first-order valence-electron chi connectivity index (χ1n) is 11.5. The molecule has 0 aromatic carbocycles. The Balaban J connectivity index is -0.000000364.